The lowest BCUT2D eigenvalue weighted by Gasteiger charge is -2.23. The summed E-state index contributed by atoms with van der Waals surface area (Å²) < 4.78 is 38.4. The van der Waals surface area contributed by atoms with Crippen LogP contribution >= 0.6 is 15.9 Å². The molecule has 0 radical (unpaired) electrons. The Balaban J connectivity index is 1.50. The summed E-state index contributed by atoms with van der Waals surface area (Å²) in [6, 6.07) is 4.81. The van der Waals surface area contributed by atoms with Crippen molar-refractivity contribution in [3.8, 4) is 0 Å². The van der Waals surface area contributed by atoms with E-state index in [1.807, 2.05) is 0 Å². The Hall–Kier alpha value is -2.43. The summed E-state index contributed by atoms with van der Waals surface area (Å²) >= 11 is 3.26. The SMILES string of the molecule is O=C(CCCN1C(=O)c2ccc(Br)cc2C1=O)N1CCCN(C(=O)C(F)(F)F)CC1. The molecule has 2 aliphatic rings. The maximum atomic E-state index is 12.6. The highest BCUT2D eigenvalue weighted by molar-refractivity contribution is 9.10. The van der Waals surface area contributed by atoms with Crippen LogP contribution in [0.4, 0.5) is 13.2 Å². The first-order valence-corrected chi connectivity index (χ1v) is 10.2. The van der Waals surface area contributed by atoms with E-state index in [1.165, 1.54) is 4.90 Å². The number of hydrogen-bond donors (Lipinski definition) is 0. The van der Waals surface area contributed by atoms with Crippen LogP contribution in [0.3, 0.4) is 0 Å². The number of carbonyl (C=O) groups is 4. The molecule has 0 unspecified atom stereocenters. The van der Waals surface area contributed by atoms with Gasteiger partial charge in [0, 0.05) is 43.6 Å². The number of benzene rings is 1. The van der Waals surface area contributed by atoms with Gasteiger partial charge >= 0.3 is 12.1 Å². The standard InChI is InChI=1S/C19H19BrF3N3O4/c20-12-4-5-13-14(11-12)17(29)26(16(13)28)8-1-3-15(27)24-6-2-7-25(10-9-24)18(30)19(21,22)23/h4-5,11H,1-3,6-10H2. The minimum absolute atomic E-state index is 0.0156. The molecule has 0 bridgehead atoms. The summed E-state index contributed by atoms with van der Waals surface area (Å²) in [7, 11) is 0. The van der Waals surface area contributed by atoms with E-state index in [0.29, 0.717) is 20.5 Å². The van der Waals surface area contributed by atoms with Crippen LogP contribution in [-0.4, -0.2) is 77.2 Å². The van der Waals surface area contributed by atoms with Gasteiger partial charge in [-0.1, -0.05) is 15.9 Å². The summed E-state index contributed by atoms with van der Waals surface area (Å²) in [5.74, 6) is -3.00. The number of halogens is 4. The minimum Gasteiger partial charge on any atom is -0.341 e. The molecule has 0 spiro atoms. The van der Waals surface area contributed by atoms with E-state index < -0.39 is 23.9 Å². The number of hydrogen-bond acceptors (Lipinski definition) is 4. The first-order valence-electron chi connectivity index (χ1n) is 9.39. The summed E-state index contributed by atoms with van der Waals surface area (Å²) in [6.07, 6.45) is -4.39. The van der Waals surface area contributed by atoms with Crippen LogP contribution in [0.1, 0.15) is 40.0 Å². The van der Waals surface area contributed by atoms with Crippen LogP contribution in [0.25, 0.3) is 0 Å². The number of nitrogens with zero attached hydrogens (tertiary/aromatic N) is 3. The zero-order chi connectivity index (χ0) is 22.1. The average Bonchev–Trinajstić information content (AvgIpc) is 2.85. The molecular weight excluding hydrogens is 471 g/mol. The largest absolute Gasteiger partial charge is 0.471 e. The predicted octanol–water partition coefficient (Wildman–Crippen LogP) is 2.45. The Kier molecular flexibility index (Phi) is 6.49. The van der Waals surface area contributed by atoms with Gasteiger partial charge in [0.2, 0.25) is 5.91 Å². The molecular formula is C19H19BrF3N3O4. The number of imide groups is 1. The summed E-state index contributed by atoms with van der Waals surface area (Å²) in [5.41, 5.74) is 0.624. The minimum atomic E-state index is -4.93. The second-order valence-corrected chi connectivity index (χ2v) is 8.00. The Morgan fingerprint density at radius 2 is 1.60 bits per heavy atom. The Bertz CT molecular complexity index is 890. The molecule has 11 heteroatoms. The number of alkyl halides is 3. The van der Waals surface area contributed by atoms with Crippen LogP contribution in [0, 0.1) is 0 Å². The van der Waals surface area contributed by atoms with Crippen molar-refractivity contribution in [2.24, 2.45) is 0 Å². The molecule has 1 fully saturated rings. The van der Waals surface area contributed by atoms with Gasteiger partial charge in [-0.15, -0.1) is 0 Å². The predicted molar refractivity (Wildman–Crippen MR) is 103 cm³/mol. The molecule has 0 saturated carbocycles. The van der Waals surface area contributed by atoms with Crippen molar-refractivity contribution in [1.29, 1.82) is 0 Å². The van der Waals surface area contributed by atoms with Gasteiger partial charge in [-0.25, -0.2) is 0 Å². The Morgan fingerprint density at radius 3 is 2.30 bits per heavy atom. The molecule has 3 rings (SSSR count). The fraction of sp³-hybridized carbons (Fsp3) is 0.474. The fourth-order valence-corrected chi connectivity index (χ4v) is 3.92. The van der Waals surface area contributed by atoms with Crippen LogP contribution in [0.5, 0.6) is 0 Å². The van der Waals surface area contributed by atoms with Crippen molar-refractivity contribution in [3.05, 3.63) is 33.8 Å². The highest BCUT2D eigenvalue weighted by atomic mass is 79.9. The fourth-order valence-electron chi connectivity index (χ4n) is 3.56. The van der Waals surface area contributed by atoms with Crippen molar-refractivity contribution in [2.75, 3.05) is 32.7 Å². The van der Waals surface area contributed by atoms with Crippen LogP contribution < -0.4 is 0 Å². The van der Waals surface area contributed by atoms with Gasteiger partial charge in [0.25, 0.3) is 11.8 Å². The van der Waals surface area contributed by atoms with Crippen molar-refractivity contribution in [3.63, 3.8) is 0 Å². The van der Waals surface area contributed by atoms with E-state index in [2.05, 4.69) is 15.9 Å². The zero-order valence-electron chi connectivity index (χ0n) is 15.9. The molecule has 7 nitrogen and oxygen atoms in total. The first-order chi connectivity index (χ1) is 14.1. The van der Waals surface area contributed by atoms with Gasteiger partial charge in [0.05, 0.1) is 11.1 Å². The van der Waals surface area contributed by atoms with Gasteiger partial charge in [-0.2, -0.15) is 13.2 Å². The molecule has 1 aromatic rings. The van der Waals surface area contributed by atoms with Gasteiger partial charge in [-0.05, 0) is 31.0 Å². The summed E-state index contributed by atoms with van der Waals surface area (Å²) in [5, 5.41) is 0. The highest BCUT2D eigenvalue weighted by Crippen LogP contribution is 2.26. The third-order valence-corrected chi connectivity index (χ3v) is 5.58. The normalized spacial score (nSPS) is 17.3. The summed E-state index contributed by atoms with van der Waals surface area (Å²) in [6.45, 7) is 0.0928. The van der Waals surface area contributed by atoms with Crippen LogP contribution in [0.2, 0.25) is 0 Å². The molecule has 30 heavy (non-hydrogen) atoms. The van der Waals surface area contributed by atoms with E-state index in [9.17, 15) is 32.3 Å². The maximum Gasteiger partial charge on any atom is 0.471 e. The average molecular weight is 490 g/mol. The zero-order valence-corrected chi connectivity index (χ0v) is 17.5. The monoisotopic (exact) mass is 489 g/mol. The molecule has 0 atom stereocenters. The van der Waals surface area contributed by atoms with Crippen LogP contribution in [0.15, 0.2) is 22.7 Å². The van der Waals surface area contributed by atoms with E-state index in [0.717, 1.165) is 4.90 Å². The van der Waals surface area contributed by atoms with Gasteiger partial charge in [0.15, 0.2) is 0 Å². The second kappa shape index (κ2) is 8.75. The Morgan fingerprint density at radius 1 is 0.967 bits per heavy atom. The quantitative estimate of drug-likeness (QED) is 0.608. The molecule has 2 heterocycles. The number of amides is 4. The first kappa shape index (κ1) is 22.3. The van der Waals surface area contributed by atoms with Gasteiger partial charge in [0.1, 0.15) is 0 Å². The third-order valence-electron chi connectivity index (χ3n) is 5.08. The summed E-state index contributed by atoms with van der Waals surface area (Å²) in [4.78, 5) is 51.8. The highest BCUT2D eigenvalue weighted by Gasteiger charge is 2.42. The Labute approximate surface area is 178 Å². The number of rotatable bonds is 4. The van der Waals surface area contributed by atoms with Crippen molar-refractivity contribution < 1.29 is 32.3 Å². The molecule has 0 aromatic heterocycles. The molecule has 2 aliphatic heterocycles. The molecule has 0 aliphatic carbocycles. The maximum absolute atomic E-state index is 12.6. The molecule has 4 amide bonds. The van der Waals surface area contributed by atoms with E-state index >= 15 is 0 Å². The topological polar surface area (TPSA) is 78.0 Å². The lowest BCUT2D eigenvalue weighted by Crippen LogP contribution is -2.43. The van der Waals surface area contributed by atoms with Gasteiger partial charge in [-0.3, -0.25) is 24.1 Å². The molecule has 1 aromatic carbocycles. The second-order valence-electron chi connectivity index (χ2n) is 7.08. The van der Waals surface area contributed by atoms with Crippen molar-refractivity contribution in [2.45, 2.75) is 25.4 Å². The molecule has 1 saturated heterocycles. The number of fused-ring (bicyclic) bond motifs is 1. The third kappa shape index (κ3) is 4.66. The lowest BCUT2D eigenvalue weighted by molar-refractivity contribution is -0.185. The lowest BCUT2D eigenvalue weighted by atomic mass is 10.1. The van der Waals surface area contributed by atoms with E-state index in [4.69, 9.17) is 0 Å². The van der Waals surface area contributed by atoms with E-state index in [-0.39, 0.29) is 57.9 Å². The smallest absolute Gasteiger partial charge is 0.341 e. The van der Waals surface area contributed by atoms with Crippen molar-refractivity contribution in [1.82, 2.24) is 14.7 Å². The number of carbonyl (C=O) groups excluding carboxylic acids is 4. The van der Waals surface area contributed by atoms with Crippen molar-refractivity contribution >= 4 is 39.6 Å². The van der Waals surface area contributed by atoms with E-state index in [1.54, 1.807) is 18.2 Å². The molecule has 0 N–H and O–H groups in total. The molecule has 162 valence electrons. The van der Waals surface area contributed by atoms with Crippen LogP contribution in [-0.2, 0) is 9.59 Å². The van der Waals surface area contributed by atoms with Gasteiger partial charge < -0.3 is 9.80 Å².